The molecular weight excluding hydrogens is 330 g/mol. The summed E-state index contributed by atoms with van der Waals surface area (Å²) in [6.07, 6.45) is 2.09. The number of nitrogens with two attached hydrogens (primary N) is 1. The van der Waals surface area contributed by atoms with Crippen LogP contribution in [-0.2, 0) is 4.79 Å². The summed E-state index contributed by atoms with van der Waals surface area (Å²) in [7, 11) is 0. The first-order chi connectivity index (χ1) is 12.5. The largest absolute Gasteiger partial charge is 0.480 e. The van der Waals surface area contributed by atoms with Gasteiger partial charge in [-0.15, -0.1) is 0 Å². The summed E-state index contributed by atoms with van der Waals surface area (Å²) >= 11 is 0. The molecule has 2 aliphatic rings. The lowest BCUT2D eigenvalue weighted by Crippen LogP contribution is -2.54. The molecule has 1 unspecified atom stereocenters. The van der Waals surface area contributed by atoms with E-state index >= 15 is 0 Å². The van der Waals surface area contributed by atoms with E-state index in [4.69, 9.17) is 16.2 Å². The van der Waals surface area contributed by atoms with E-state index in [-0.39, 0.29) is 11.9 Å². The molecule has 3 rings (SSSR count). The van der Waals surface area contributed by atoms with Crippen LogP contribution < -0.4 is 10.6 Å². The third kappa shape index (κ3) is 4.16. The highest BCUT2D eigenvalue weighted by Crippen LogP contribution is 2.22. The second-order valence-electron chi connectivity index (χ2n) is 7.26. The fourth-order valence-corrected chi connectivity index (χ4v) is 3.99. The van der Waals surface area contributed by atoms with E-state index in [1.54, 1.807) is 6.92 Å². The molecule has 2 saturated heterocycles. The van der Waals surface area contributed by atoms with Crippen LogP contribution in [0.15, 0.2) is 24.3 Å². The third-order valence-electron chi connectivity index (χ3n) is 5.78. The zero-order valence-electron chi connectivity index (χ0n) is 15.4. The highest BCUT2D eigenvalue weighted by atomic mass is 16.4. The van der Waals surface area contributed by atoms with Crippen molar-refractivity contribution >= 4 is 17.5 Å². The second kappa shape index (κ2) is 8.05. The molecule has 2 aliphatic heterocycles. The highest BCUT2D eigenvalue weighted by Gasteiger charge is 2.30. The van der Waals surface area contributed by atoms with Crippen LogP contribution in [0, 0.1) is 5.41 Å². The van der Waals surface area contributed by atoms with Gasteiger partial charge in [-0.1, -0.05) is 0 Å². The van der Waals surface area contributed by atoms with E-state index in [0.29, 0.717) is 6.04 Å². The number of amidine groups is 1. The van der Waals surface area contributed by atoms with Crippen molar-refractivity contribution in [2.45, 2.75) is 31.8 Å². The number of hydrogen-bond acceptors (Lipinski definition) is 5. The van der Waals surface area contributed by atoms with Crippen LogP contribution in [0.1, 0.15) is 25.3 Å². The lowest BCUT2D eigenvalue weighted by atomic mass is 10.0. The summed E-state index contributed by atoms with van der Waals surface area (Å²) in [5, 5.41) is 16.6. The molecule has 0 radical (unpaired) electrons. The van der Waals surface area contributed by atoms with Gasteiger partial charge in [0.2, 0.25) is 0 Å². The fraction of sp³-hybridized carbons (Fsp3) is 0.579. The molecule has 0 saturated carbocycles. The summed E-state index contributed by atoms with van der Waals surface area (Å²) in [6.45, 7) is 7.56. The van der Waals surface area contributed by atoms with E-state index in [1.165, 1.54) is 5.69 Å². The molecule has 0 aliphatic carbocycles. The van der Waals surface area contributed by atoms with Gasteiger partial charge in [0.15, 0.2) is 0 Å². The van der Waals surface area contributed by atoms with Crippen molar-refractivity contribution in [1.82, 2.24) is 9.80 Å². The minimum atomic E-state index is -0.729. The minimum Gasteiger partial charge on any atom is -0.480 e. The molecule has 7 heteroatoms. The zero-order valence-corrected chi connectivity index (χ0v) is 15.4. The van der Waals surface area contributed by atoms with Crippen LogP contribution in [0.25, 0.3) is 0 Å². The number of anilines is 1. The molecule has 0 amide bonds. The number of benzene rings is 1. The van der Waals surface area contributed by atoms with Crippen molar-refractivity contribution in [1.29, 1.82) is 5.41 Å². The fourth-order valence-electron chi connectivity index (χ4n) is 3.99. The maximum atomic E-state index is 11.1. The van der Waals surface area contributed by atoms with E-state index < -0.39 is 5.97 Å². The van der Waals surface area contributed by atoms with Crippen molar-refractivity contribution < 1.29 is 9.90 Å². The average molecular weight is 359 g/mol. The van der Waals surface area contributed by atoms with E-state index in [2.05, 4.69) is 14.7 Å². The number of likely N-dealkylation sites (tertiary alicyclic amines) is 1. The molecule has 2 heterocycles. The van der Waals surface area contributed by atoms with Gasteiger partial charge in [0, 0.05) is 56.6 Å². The minimum absolute atomic E-state index is 0.102. The number of piperazine rings is 1. The van der Waals surface area contributed by atoms with Crippen molar-refractivity contribution in [2.24, 2.45) is 5.73 Å². The van der Waals surface area contributed by atoms with Crippen LogP contribution >= 0.6 is 0 Å². The number of nitrogens with one attached hydrogen (secondary N) is 1. The molecule has 2 fully saturated rings. The Bertz CT molecular complexity index is 632. The van der Waals surface area contributed by atoms with Gasteiger partial charge in [0.05, 0.1) is 0 Å². The van der Waals surface area contributed by atoms with Gasteiger partial charge in [-0.05, 0) is 44.0 Å². The van der Waals surface area contributed by atoms with Gasteiger partial charge in [-0.2, -0.15) is 0 Å². The van der Waals surface area contributed by atoms with Crippen molar-refractivity contribution in [3.63, 3.8) is 0 Å². The summed E-state index contributed by atoms with van der Waals surface area (Å²) in [5.41, 5.74) is 7.45. The monoisotopic (exact) mass is 359 g/mol. The summed E-state index contributed by atoms with van der Waals surface area (Å²) in [4.78, 5) is 18.1. The Hall–Kier alpha value is -2.12. The topological polar surface area (TPSA) is 96.9 Å². The molecular formula is C19H29N5O2. The number of rotatable bonds is 5. The summed E-state index contributed by atoms with van der Waals surface area (Å²) in [6, 6.07) is 8.07. The Morgan fingerprint density at radius 2 is 1.69 bits per heavy atom. The predicted octanol–water partition coefficient (Wildman–Crippen LogP) is 1.03. The third-order valence-corrected chi connectivity index (χ3v) is 5.78. The molecule has 142 valence electrons. The molecule has 26 heavy (non-hydrogen) atoms. The molecule has 1 aromatic carbocycles. The molecule has 0 spiro atoms. The highest BCUT2D eigenvalue weighted by molar-refractivity contribution is 5.95. The number of nitrogen functional groups attached to an aromatic ring is 1. The van der Waals surface area contributed by atoms with Crippen molar-refractivity contribution in [2.75, 3.05) is 44.2 Å². The lowest BCUT2D eigenvalue weighted by Gasteiger charge is -2.44. The Kier molecular flexibility index (Phi) is 5.78. The zero-order chi connectivity index (χ0) is 18.7. The molecule has 1 atom stereocenters. The lowest BCUT2D eigenvalue weighted by molar-refractivity contribution is -0.143. The molecule has 0 bridgehead atoms. The quantitative estimate of drug-likeness (QED) is 0.537. The van der Waals surface area contributed by atoms with E-state index in [1.807, 2.05) is 24.3 Å². The van der Waals surface area contributed by atoms with Gasteiger partial charge >= 0.3 is 5.97 Å². The van der Waals surface area contributed by atoms with Crippen molar-refractivity contribution in [3.8, 4) is 0 Å². The molecule has 7 nitrogen and oxygen atoms in total. The smallest absolute Gasteiger partial charge is 0.320 e. The Labute approximate surface area is 154 Å². The average Bonchev–Trinajstić information content (AvgIpc) is 2.67. The first-order valence-electron chi connectivity index (χ1n) is 9.36. The van der Waals surface area contributed by atoms with Crippen molar-refractivity contribution in [3.05, 3.63) is 29.8 Å². The number of carboxylic acid groups (broad SMARTS) is 1. The Morgan fingerprint density at radius 3 is 2.19 bits per heavy atom. The second-order valence-corrected chi connectivity index (χ2v) is 7.26. The molecule has 1 aromatic rings. The van der Waals surface area contributed by atoms with Gasteiger partial charge in [0.25, 0.3) is 0 Å². The van der Waals surface area contributed by atoms with Gasteiger partial charge < -0.3 is 15.7 Å². The predicted molar refractivity (Wildman–Crippen MR) is 103 cm³/mol. The number of aliphatic carboxylic acids is 1. The van der Waals surface area contributed by atoms with Crippen LogP contribution in [0.4, 0.5) is 5.69 Å². The first kappa shape index (κ1) is 18.7. The van der Waals surface area contributed by atoms with Gasteiger partial charge in [-0.3, -0.25) is 20.0 Å². The maximum Gasteiger partial charge on any atom is 0.320 e. The van der Waals surface area contributed by atoms with Gasteiger partial charge in [0.1, 0.15) is 11.9 Å². The Balaban J connectivity index is 1.48. The normalized spacial score (nSPS) is 21.5. The number of hydrogen-bond donors (Lipinski definition) is 3. The molecule has 4 N–H and O–H groups in total. The number of carbonyl (C=O) groups is 1. The van der Waals surface area contributed by atoms with Crippen LogP contribution in [0.5, 0.6) is 0 Å². The van der Waals surface area contributed by atoms with Gasteiger partial charge in [-0.25, -0.2) is 0 Å². The standard InChI is InChI=1S/C19H29N5O2/c1-14(19(25)26)22-8-6-17(7-9-22)24-12-10-23(11-13-24)16-4-2-15(3-5-16)18(20)21/h2-5,14,17H,6-13H2,1H3,(H3,20,21)(H,25,26). The van der Waals surface area contributed by atoms with E-state index in [9.17, 15) is 4.79 Å². The summed E-state index contributed by atoms with van der Waals surface area (Å²) in [5.74, 6) is -0.627. The van der Waals surface area contributed by atoms with Crippen LogP contribution in [-0.4, -0.2) is 78.1 Å². The summed E-state index contributed by atoms with van der Waals surface area (Å²) < 4.78 is 0. The number of piperidine rings is 1. The van der Waals surface area contributed by atoms with E-state index in [0.717, 1.165) is 57.7 Å². The number of nitrogens with zero attached hydrogens (tertiary/aromatic N) is 3. The van der Waals surface area contributed by atoms with Crippen LogP contribution in [0.2, 0.25) is 0 Å². The first-order valence-corrected chi connectivity index (χ1v) is 9.36. The Morgan fingerprint density at radius 1 is 1.12 bits per heavy atom. The molecule has 0 aromatic heterocycles. The van der Waals surface area contributed by atoms with Crippen LogP contribution in [0.3, 0.4) is 0 Å². The SMILES string of the molecule is CC(C(=O)O)N1CCC(N2CCN(c3ccc(C(=N)N)cc3)CC2)CC1. The maximum absolute atomic E-state index is 11.1. The number of carboxylic acids is 1.